The Morgan fingerprint density at radius 2 is 1.56 bits per heavy atom. The standard InChI is InChI=1S/C24H22N2O/c1-17-6-8-18(9-7-17)19-10-12-20(13-11-19)24(27)25-15-14-21-16-26-23-5-3-2-4-22(21)23/h2-13,16,26H,14-15H2,1H3,(H,25,27). The highest BCUT2D eigenvalue weighted by Gasteiger charge is 2.07. The molecule has 1 amide bonds. The average Bonchev–Trinajstić information content (AvgIpc) is 3.12. The van der Waals surface area contributed by atoms with Crippen molar-refractivity contribution in [2.45, 2.75) is 13.3 Å². The molecular formula is C24H22N2O. The lowest BCUT2D eigenvalue weighted by molar-refractivity contribution is 0.0954. The summed E-state index contributed by atoms with van der Waals surface area (Å²) in [5.74, 6) is -0.0368. The summed E-state index contributed by atoms with van der Waals surface area (Å²) in [6.07, 6.45) is 2.82. The Kier molecular flexibility index (Phi) is 4.75. The zero-order chi connectivity index (χ0) is 18.6. The number of benzene rings is 3. The van der Waals surface area contributed by atoms with Gasteiger partial charge >= 0.3 is 0 Å². The Bertz CT molecular complexity index is 1060. The van der Waals surface area contributed by atoms with Crippen LogP contribution in [-0.4, -0.2) is 17.4 Å². The van der Waals surface area contributed by atoms with Crippen molar-refractivity contribution in [1.29, 1.82) is 0 Å². The van der Waals surface area contributed by atoms with Crippen LogP contribution in [0.25, 0.3) is 22.0 Å². The number of carbonyl (C=O) groups is 1. The first-order chi connectivity index (χ1) is 13.2. The van der Waals surface area contributed by atoms with Gasteiger partial charge in [0.15, 0.2) is 0 Å². The minimum absolute atomic E-state index is 0.0368. The topological polar surface area (TPSA) is 44.9 Å². The molecule has 1 heterocycles. The Hall–Kier alpha value is -3.33. The maximum atomic E-state index is 12.4. The quantitative estimate of drug-likeness (QED) is 0.513. The third-order valence-electron chi connectivity index (χ3n) is 4.89. The first kappa shape index (κ1) is 17.1. The molecule has 0 unspecified atom stereocenters. The molecule has 4 rings (SSSR count). The van der Waals surface area contributed by atoms with E-state index in [0.717, 1.165) is 23.1 Å². The smallest absolute Gasteiger partial charge is 0.251 e. The van der Waals surface area contributed by atoms with Gasteiger partial charge in [-0.15, -0.1) is 0 Å². The zero-order valence-electron chi connectivity index (χ0n) is 15.3. The summed E-state index contributed by atoms with van der Waals surface area (Å²) in [5, 5.41) is 4.23. The maximum absolute atomic E-state index is 12.4. The van der Waals surface area contributed by atoms with Gasteiger partial charge in [-0.1, -0.05) is 60.2 Å². The number of hydrogen-bond donors (Lipinski definition) is 2. The van der Waals surface area contributed by atoms with Gasteiger partial charge in [0, 0.05) is 29.2 Å². The minimum atomic E-state index is -0.0368. The van der Waals surface area contributed by atoms with Gasteiger partial charge < -0.3 is 10.3 Å². The third-order valence-corrected chi connectivity index (χ3v) is 4.89. The number of carbonyl (C=O) groups excluding carboxylic acids is 1. The summed E-state index contributed by atoms with van der Waals surface area (Å²) < 4.78 is 0. The molecule has 0 aliphatic heterocycles. The van der Waals surface area contributed by atoms with Crippen molar-refractivity contribution < 1.29 is 4.79 Å². The van der Waals surface area contributed by atoms with Crippen molar-refractivity contribution in [3.05, 3.63) is 95.7 Å². The Morgan fingerprint density at radius 1 is 0.889 bits per heavy atom. The first-order valence-corrected chi connectivity index (χ1v) is 9.21. The van der Waals surface area contributed by atoms with Crippen LogP contribution >= 0.6 is 0 Å². The number of nitrogens with one attached hydrogen (secondary N) is 2. The van der Waals surface area contributed by atoms with Crippen LogP contribution in [-0.2, 0) is 6.42 Å². The van der Waals surface area contributed by atoms with Gasteiger partial charge in [0.05, 0.1) is 0 Å². The number of hydrogen-bond acceptors (Lipinski definition) is 1. The number of H-pyrrole nitrogens is 1. The summed E-state index contributed by atoms with van der Waals surface area (Å²) >= 11 is 0. The van der Waals surface area contributed by atoms with Gasteiger partial charge in [0.1, 0.15) is 0 Å². The summed E-state index contributed by atoms with van der Waals surface area (Å²) in [6, 6.07) is 24.4. The van der Waals surface area contributed by atoms with E-state index in [-0.39, 0.29) is 5.91 Å². The van der Waals surface area contributed by atoms with Gasteiger partial charge in [-0.3, -0.25) is 4.79 Å². The van der Waals surface area contributed by atoms with Crippen molar-refractivity contribution >= 4 is 16.8 Å². The van der Waals surface area contributed by atoms with Gasteiger partial charge in [-0.2, -0.15) is 0 Å². The summed E-state index contributed by atoms with van der Waals surface area (Å²) in [5.41, 5.74) is 6.55. The number of aryl methyl sites for hydroxylation is 1. The number of rotatable bonds is 5. The number of aromatic nitrogens is 1. The second-order valence-electron chi connectivity index (χ2n) is 6.81. The van der Waals surface area contributed by atoms with Crippen molar-refractivity contribution in [1.82, 2.24) is 10.3 Å². The van der Waals surface area contributed by atoms with Crippen LogP contribution in [0.2, 0.25) is 0 Å². The van der Waals surface area contributed by atoms with Gasteiger partial charge in [-0.25, -0.2) is 0 Å². The fourth-order valence-corrected chi connectivity index (χ4v) is 3.31. The van der Waals surface area contributed by atoms with Crippen LogP contribution in [0.3, 0.4) is 0 Å². The van der Waals surface area contributed by atoms with E-state index in [1.165, 1.54) is 16.5 Å². The van der Waals surface area contributed by atoms with Crippen molar-refractivity contribution in [2.24, 2.45) is 0 Å². The highest BCUT2D eigenvalue weighted by molar-refractivity contribution is 5.94. The molecule has 1 aromatic heterocycles. The molecule has 0 saturated heterocycles. The van der Waals surface area contributed by atoms with Gasteiger partial charge in [0.2, 0.25) is 0 Å². The molecular weight excluding hydrogens is 332 g/mol. The first-order valence-electron chi connectivity index (χ1n) is 9.21. The monoisotopic (exact) mass is 354 g/mol. The molecule has 0 bridgehead atoms. The van der Waals surface area contributed by atoms with E-state index in [2.05, 4.69) is 53.6 Å². The van der Waals surface area contributed by atoms with Crippen molar-refractivity contribution in [2.75, 3.05) is 6.54 Å². The van der Waals surface area contributed by atoms with Gasteiger partial charge in [0.25, 0.3) is 5.91 Å². The third kappa shape index (κ3) is 3.77. The van der Waals surface area contributed by atoms with Crippen LogP contribution in [0, 0.1) is 6.92 Å². The summed E-state index contributed by atoms with van der Waals surface area (Å²) in [7, 11) is 0. The van der Waals surface area contributed by atoms with Crippen LogP contribution in [0.5, 0.6) is 0 Å². The number of fused-ring (bicyclic) bond motifs is 1. The van der Waals surface area contributed by atoms with Crippen LogP contribution in [0.4, 0.5) is 0 Å². The number of para-hydroxylation sites is 1. The van der Waals surface area contributed by atoms with E-state index < -0.39 is 0 Å². The normalized spacial score (nSPS) is 10.9. The highest BCUT2D eigenvalue weighted by Crippen LogP contribution is 2.20. The SMILES string of the molecule is Cc1ccc(-c2ccc(C(=O)NCCc3c[nH]c4ccccc34)cc2)cc1. The molecule has 0 aliphatic rings. The number of amides is 1. The molecule has 3 aromatic carbocycles. The second-order valence-corrected chi connectivity index (χ2v) is 6.81. The lowest BCUT2D eigenvalue weighted by atomic mass is 10.0. The Balaban J connectivity index is 1.37. The van der Waals surface area contributed by atoms with E-state index in [4.69, 9.17) is 0 Å². The van der Waals surface area contributed by atoms with Crippen molar-refractivity contribution in [3.8, 4) is 11.1 Å². The van der Waals surface area contributed by atoms with Crippen LogP contribution in [0.15, 0.2) is 79.0 Å². The summed E-state index contributed by atoms with van der Waals surface area (Å²) in [4.78, 5) is 15.7. The second kappa shape index (κ2) is 7.50. The molecule has 3 heteroatoms. The zero-order valence-corrected chi connectivity index (χ0v) is 15.3. The van der Waals surface area contributed by atoms with E-state index in [0.29, 0.717) is 12.1 Å². The molecule has 27 heavy (non-hydrogen) atoms. The average molecular weight is 354 g/mol. The van der Waals surface area contributed by atoms with Crippen molar-refractivity contribution in [3.63, 3.8) is 0 Å². The minimum Gasteiger partial charge on any atom is -0.361 e. The van der Waals surface area contributed by atoms with Crippen LogP contribution in [0.1, 0.15) is 21.5 Å². The molecule has 0 radical (unpaired) electrons. The molecule has 0 aliphatic carbocycles. The lowest BCUT2D eigenvalue weighted by Crippen LogP contribution is -2.25. The molecule has 0 spiro atoms. The van der Waals surface area contributed by atoms with E-state index >= 15 is 0 Å². The summed E-state index contributed by atoms with van der Waals surface area (Å²) in [6.45, 7) is 2.69. The van der Waals surface area contributed by atoms with E-state index in [9.17, 15) is 4.79 Å². The number of aromatic amines is 1. The molecule has 3 nitrogen and oxygen atoms in total. The van der Waals surface area contributed by atoms with Gasteiger partial charge in [-0.05, 0) is 48.2 Å². The predicted molar refractivity (Wildman–Crippen MR) is 111 cm³/mol. The Morgan fingerprint density at radius 3 is 2.30 bits per heavy atom. The molecule has 4 aromatic rings. The lowest BCUT2D eigenvalue weighted by Gasteiger charge is -2.07. The molecule has 0 saturated carbocycles. The fraction of sp³-hybridized carbons (Fsp3) is 0.125. The largest absolute Gasteiger partial charge is 0.361 e. The van der Waals surface area contributed by atoms with E-state index in [1.54, 1.807) is 0 Å². The maximum Gasteiger partial charge on any atom is 0.251 e. The predicted octanol–water partition coefficient (Wildman–Crippen LogP) is 5.12. The molecule has 134 valence electrons. The van der Waals surface area contributed by atoms with Crippen LogP contribution < -0.4 is 5.32 Å². The van der Waals surface area contributed by atoms with E-state index in [1.807, 2.05) is 42.6 Å². The highest BCUT2D eigenvalue weighted by atomic mass is 16.1. The Labute approximate surface area is 159 Å². The molecule has 2 N–H and O–H groups in total. The molecule has 0 fully saturated rings. The fourth-order valence-electron chi connectivity index (χ4n) is 3.31. The molecule has 0 atom stereocenters.